The Hall–Kier alpha value is -0.160. The summed E-state index contributed by atoms with van der Waals surface area (Å²) in [6.07, 6.45) is 2.77. The molecule has 0 aromatic rings. The highest BCUT2D eigenvalue weighted by molar-refractivity contribution is 5.19. The first-order valence-corrected chi connectivity index (χ1v) is 7.30. The largest absolute Gasteiger partial charge is 0.389 e. The number of fused-ring (bicyclic) bond motifs is 2. The number of rotatable bonds is 2. The van der Waals surface area contributed by atoms with Gasteiger partial charge in [0.05, 0.1) is 5.60 Å². The van der Waals surface area contributed by atoms with E-state index in [2.05, 4.69) is 27.7 Å². The van der Waals surface area contributed by atoms with E-state index < -0.39 is 11.4 Å². The molecule has 3 aliphatic rings. The molecule has 1 N–H and O–H groups in total. The van der Waals surface area contributed by atoms with E-state index >= 15 is 0 Å². The van der Waals surface area contributed by atoms with Crippen LogP contribution in [0.2, 0.25) is 0 Å². The Labute approximate surface area is 115 Å². The molecule has 0 aromatic heterocycles. The van der Waals surface area contributed by atoms with Crippen molar-refractivity contribution in [1.82, 2.24) is 0 Å². The Morgan fingerprint density at radius 3 is 2.16 bits per heavy atom. The topological polar surface area (TPSA) is 47.9 Å². The third-order valence-corrected chi connectivity index (χ3v) is 6.34. The first-order valence-electron chi connectivity index (χ1n) is 7.30. The van der Waals surface area contributed by atoms with Gasteiger partial charge in [0.2, 0.25) is 5.79 Å². The lowest BCUT2D eigenvalue weighted by Gasteiger charge is -2.48. The van der Waals surface area contributed by atoms with E-state index in [-0.39, 0.29) is 17.6 Å². The van der Waals surface area contributed by atoms with Crippen molar-refractivity contribution in [1.29, 1.82) is 0 Å². The van der Waals surface area contributed by atoms with E-state index in [1.54, 1.807) is 0 Å². The molecule has 4 atom stereocenters. The molecule has 0 aromatic carbocycles. The standard InChI is InChI=1S/C15H26O4/c1-12(2)10-6-7-11(12)15(16,13(10,3)4)8-14(5)17-9-18-19-14/h10-11,16H,6-9H2,1-5H3/t10-,11+,14?,15+/m0/s1. The smallest absolute Gasteiger partial charge is 0.204 e. The first-order chi connectivity index (χ1) is 8.64. The molecule has 110 valence electrons. The predicted octanol–water partition coefficient (Wildman–Crippen LogP) is 2.85. The van der Waals surface area contributed by atoms with E-state index in [4.69, 9.17) is 14.5 Å². The molecule has 1 saturated heterocycles. The van der Waals surface area contributed by atoms with E-state index in [1.165, 1.54) is 6.42 Å². The quantitative estimate of drug-likeness (QED) is 0.784. The summed E-state index contributed by atoms with van der Waals surface area (Å²) in [5.41, 5.74) is -0.715. The summed E-state index contributed by atoms with van der Waals surface area (Å²) in [6.45, 7) is 11.0. The van der Waals surface area contributed by atoms with Crippen LogP contribution in [0.4, 0.5) is 0 Å². The molecular formula is C15H26O4. The summed E-state index contributed by atoms with van der Waals surface area (Å²) in [5.74, 6) is 0.0117. The van der Waals surface area contributed by atoms with Crippen LogP contribution in [0.5, 0.6) is 0 Å². The SMILES string of the molecule is CC1(C[C@@]2(O)[C@@H]3CC[C@@H](C3(C)C)C2(C)C)OCOO1. The van der Waals surface area contributed by atoms with Gasteiger partial charge in [-0.15, -0.1) is 0 Å². The minimum Gasteiger partial charge on any atom is -0.389 e. The van der Waals surface area contributed by atoms with Crippen molar-refractivity contribution in [3.63, 3.8) is 0 Å². The fraction of sp³-hybridized carbons (Fsp3) is 1.00. The van der Waals surface area contributed by atoms with E-state index in [0.717, 1.165) is 6.42 Å². The minimum absolute atomic E-state index is 0.127. The second-order valence-corrected chi connectivity index (χ2v) is 7.92. The summed E-state index contributed by atoms with van der Waals surface area (Å²) in [7, 11) is 0. The van der Waals surface area contributed by atoms with Crippen molar-refractivity contribution in [2.75, 3.05) is 6.79 Å². The zero-order valence-electron chi connectivity index (χ0n) is 12.7. The summed E-state index contributed by atoms with van der Waals surface area (Å²) in [4.78, 5) is 10.1. The molecule has 3 fully saturated rings. The van der Waals surface area contributed by atoms with Gasteiger partial charge in [0, 0.05) is 6.42 Å². The molecule has 1 unspecified atom stereocenters. The van der Waals surface area contributed by atoms with Crippen molar-refractivity contribution in [2.45, 2.75) is 65.3 Å². The van der Waals surface area contributed by atoms with E-state index in [0.29, 0.717) is 18.3 Å². The number of hydrogen-bond acceptors (Lipinski definition) is 4. The highest BCUT2D eigenvalue weighted by Crippen LogP contribution is 2.71. The van der Waals surface area contributed by atoms with Crippen LogP contribution in [0.1, 0.15) is 53.9 Å². The van der Waals surface area contributed by atoms with Gasteiger partial charge in [-0.1, -0.05) is 27.7 Å². The Morgan fingerprint density at radius 2 is 1.68 bits per heavy atom. The fourth-order valence-electron chi connectivity index (χ4n) is 5.46. The van der Waals surface area contributed by atoms with Gasteiger partial charge >= 0.3 is 0 Å². The molecule has 0 spiro atoms. The van der Waals surface area contributed by atoms with Gasteiger partial charge in [-0.3, -0.25) is 0 Å². The highest BCUT2D eigenvalue weighted by atomic mass is 17.3. The molecular weight excluding hydrogens is 244 g/mol. The Kier molecular flexibility index (Phi) is 2.71. The summed E-state index contributed by atoms with van der Waals surface area (Å²) in [6, 6.07) is 0. The maximum absolute atomic E-state index is 11.5. The molecule has 2 aliphatic carbocycles. The second kappa shape index (κ2) is 3.73. The van der Waals surface area contributed by atoms with Gasteiger partial charge in [0.25, 0.3) is 0 Å². The Morgan fingerprint density at radius 1 is 1.05 bits per heavy atom. The maximum atomic E-state index is 11.5. The summed E-state index contributed by atoms with van der Waals surface area (Å²) >= 11 is 0. The molecule has 1 heterocycles. The summed E-state index contributed by atoms with van der Waals surface area (Å²) < 4.78 is 5.53. The Bertz CT molecular complexity index is 384. The van der Waals surface area contributed by atoms with Crippen LogP contribution in [0.25, 0.3) is 0 Å². The zero-order chi connectivity index (χ0) is 14.1. The van der Waals surface area contributed by atoms with Crippen molar-refractivity contribution < 1.29 is 19.6 Å². The third-order valence-electron chi connectivity index (χ3n) is 6.34. The molecule has 4 nitrogen and oxygen atoms in total. The summed E-state index contributed by atoms with van der Waals surface area (Å²) in [5, 5.41) is 11.5. The predicted molar refractivity (Wildman–Crippen MR) is 69.9 cm³/mol. The van der Waals surface area contributed by atoms with E-state index in [1.807, 2.05) is 6.92 Å². The van der Waals surface area contributed by atoms with Gasteiger partial charge in [0.1, 0.15) is 0 Å². The van der Waals surface area contributed by atoms with Gasteiger partial charge in [-0.25, -0.2) is 4.89 Å². The average Bonchev–Trinajstić information content (AvgIpc) is 2.83. The van der Waals surface area contributed by atoms with Crippen molar-refractivity contribution in [3.8, 4) is 0 Å². The van der Waals surface area contributed by atoms with E-state index in [9.17, 15) is 5.11 Å². The minimum atomic E-state index is -0.827. The third kappa shape index (κ3) is 1.60. The lowest BCUT2D eigenvalue weighted by molar-refractivity contribution is -0.331. The monoisotopic (exact) mass is 270 g/mol. The normalized spacial score (nSPS) is 50.8. The van der Waals surface area contributed by atoms with Crippen molar-refractivity contribution in [3.05, 3.63) is 0 Å². The van der Waals surface area contributed by atoms with Crippen LogP contribution in [0, 0.1) is 22.7 Å². The van der Waals surface area contributed by atoms with Crippen LogP contribution in [-0.2, 0) is 14.5 Å². The first kappa shape index (κ1) is 13.8. The van der Waals surface area contributed by atoms with Crippen molar-refractivity contribution >= 4 is 0 Å². The maximum Gasteiger partial charge on any atom is 0.204 e. The van der Waals surface area contributed by atoms with Crippen LogP contribution in [-0.4, -0.2) is 23.3 Å². The van der Waals surface area contributed by atoms with Crippen molar-refractivity contribution in [2.24, 2.45) is 22.7 Å². The van der Waals surface area contributed by atoms with Gasteiger partial charge in [-0.05, 0) is 42.4 Å². The van der Waals surface area contributed by atoms with Crippen LogP contribution in [0.15, 0.2) is 0 Å². The molecule has 3 rings (SSSR count). The van der Waals surface area contributed by atoms with Gasteiger partial charge < -0.3 is 9.84 Å². The fourth-order valence-corrected chi connectivity index (χ4v) is 5.46. The molecule has 0 amide bonds. The molecule has 2 bridgehead atoms. The van der Waals surface area contributed by atoms with Crippen LogP contribution in [0.3, 0.4) is 0 Å². The molecule has 1 aliphatic heterocycles. The second-order valence-electron chi connectivity index (χ2n) is 7.92. The van der Waals surface area contributed by atoms with Crippen LogP contribution >= 0.6 is 0 Å². The Balaban J connectivity index is 1.94. The number of aliphatic hydroxyl groups is 1. The number of hydrogen-bond donors (Lipinski definition) is 1. The van der Waals surface area contributed by atoms with Gasteiger partial charge in [0.15, 0.2) is 6.79 Å². The average molecular weight is 270 g/mol. The molecule has 2 saturated carbocycles. The molecule has 0 radical (unpaired) electrons. The molecule has 19 heavy (non-hydrogen) atoms. The number of ether oxygens (including phenoxy) is 1. The lowest BCUT2D eigenvalue weighted by atomic mass is 9.63. The van der Waals surface area contributed by atoms with Crippen LogP contribution < -0.4 is 0 Å². The zero-order valence-corrected chi connectivity index (χ0v) is 12.7. The molecule has 4 heteroatoms. The highest BCUT2D eigenvalue weighted by Gasteiger charge is 2.71. The van der Waals surface area contributed by atoms with Gasteiger partial charge in [-0.2, -0.15) is 4.89 Å². The lowest BCUT2D eigenvalue weighted by Crippen LogP contribution is -2.54.